The Labute approximate surface area is 174 Å². The molecule has 1 heterocycles. The van der Waals surface area contributed by atoms with Crippen molar-refractivity contribution in [2.24, 2.45) is 0 Å². The minimum absolute atomic E-state index is 0.205. The summed E-state index contributed by atoms with van der Waals surface area (Å²) in [6.07, 6.45) is 1.86. The SMILES string of the molecule is CCCc1sc(NC(=O)c2ccc(OC)cc2)nc1-c1ccc(OC)c(OC)c1. The van der Waals surface area contributed by atoms with Crippen molar-refractivity contribution < 1.29 is 19.0 Å². The quantitative estimate of drug-likeness (QED) is 0.561. The molecule has 0 aliphatic carbocycles. The van der Waals surface area contributed by atoms with Crippen LogP contribution in [0.5, 0.6) is 17.2 Å². The largest absolute Gasteiger partial charge is 0.497 e. The van der Waals surface area contributed by atoms with Gasteiger partial charge in [-0.05, 0) is 48.9 Å². The summed E-state index contributed by atoms with van der Waals surface area (Å²) in [6, 6.07) is 12.7. The highest BCUT2D eigenvalue weighted by atomic mass is 32.1. The maximum Gasteiger partial charge on any atom is 0.257 e. The van der Waals surface area contributed by atoms with Crippen LogP contribution in [0.3, 0.4) is 0 Å². The fraction of sp³-hybridized carbons (Fsp3) is 0.273. The first-order chi connectivity index (χ1) is 14.1. The number of hydrogen-bond acceptors (Lipinski definition) is 6. The fourth-order valence-corrected chi connectivity index (χ4v) is 4.00. The number of carbonyl (C=O) groups is 1. The van der Waals surface area contributed by atoms with Crippen LogP contribution in [0.2, 0.25) is 0 Å². The second kappa shape index (κ2) is 9.43. The van der Waals surface area contributed by atoms with E-state index in [1.54, 1.807) is 45.6 Å². The Kier molecular flexibility index (Phi) is 6.72. The average Bonchev–Trinajstić information content (AvgIpc) is 3.15. The number of benzene rings is 2. The zero-order chi connectivity index (χ0) is 20.8. The van der Waals surface area contributed by atoms with E-state index in [-0.39, 0.29) is 5.91 Å². The summed E-state index contributed by atoms with van der Waals surface area (Å²) in [5.41, 5.74) is 2.32. The number of anilines is 1. The number of carbonyl (C=O) groups excluding carboxylic acids is 1. The van der Waals surface area contributed by atoms with Gasteiger partial charge in [0.05, 0.1) is 27.0 Å². The molecule has 0 bridgehead atoms. The molecule has 29 heavy (non-hydrogen) atoms. The summed E-state index contributed by atoms with van der Waals surface area (Å²) in [6.45, 7) is 2.12. The number of ether oxygens (including phenoxy) is 3. The summed E-state index contributed by atoms with van der Waals surface area (Å²) >= 11 is 1.49. The van der Waals surface area contributed by atoms with E-state index in [1.807, 2.05) is 18.2 Å². The van der Waals surface area contributed by atoms with Gasteiger partial charge in [0.15, 0.2) is 16.6 Å². The number of hydrogen-bond donors (Lipinski definition) is 1. The molecular weight excluding hydrogens is 388 g/mol. The van der Waals surface area contributed by atoms with Crippen LogP contribution >= 0.6 is 11.3 Å². The van der Waals surface area contributed by atoms with Gasteiger partial charge in [-0.25, -0.2) is 4.98 Å². The molecule has 0 aliphatic rings. The molecule has 3 aromatic rings. The van der Waals surface area contributed by atoms with Crippen molar-refractivity contribution in [2.45, 2.75) is 19.8 Å². The van der Waals surface area contributed by atoms with Gasteiger partial charge in [0.2, 0.25) is 0 Å². The van der Waals surface area contributed by atoms with Crippen molar-refractivity contribution in [3.63, 3.8) is 0 Å². The maximum absolute atomic E-state index is 12.6. The number of amides is 1. The predicted molar refractivity (Wildman–Crippen MR) is 116 cm³/mol. The monoisotopic (exact) mass is 412 g/mol. The highest BCUT2D eigenvalue weighted by Crippen LogP contribution is 2.37. The molecule has 0 unspecified atom stereocenters. The van der Waals surface area contributed by atoms with E-state index in [9.17, 15) is 4.79 Å². The van der Waals surface area contributed by atoms with Crippen LogP contribution in [0.25, 0.3) is 11.3 Å². The van der Waals surface area contributed by atoms with E-state index in [4.69, 9.17) is 19.2 Å². The molecule has 152 valence electrons. The third-order valence-corrected chi connectivity index (χ3v) is 5.43. The predicted octanol–water partition coefficient (Wildman–Crippen LogP) is 5.04. The third-order valence-electron chi connectivity index (χ3n) is 4.40. The van der Waals surface area contributed by atoms with Gasteiger partial charge in [-0.3, -0.25) is 10.1 Å². The molecule has 2 aromatic carbocycles. The van der Waals surface area contributed by atoms with Gasteiger partial charge in [0.25, 0.3) is 5.91 Å². The third kappa shape index (κ3) is 4.68. The van der Waals surface area contributed by atoms with Crippen molar-refractivity contribution in [1.82, 2.24) is 4.98 Å². The molecule has 1 N–H and O–H groups in total. The van der Waals surface area contributed by atoms with Crippen LogP contribution in [-0.2, 0) is 6.42 Å². The van der Waals surface area contributed by atoms with Gasteiger partial charge in [-0.2, -0.15) is 0 Å². The zero-order valence-electron chi connectivity index (χ0n) is 16.9. The Morgan fingerprint density at radius 3 is 2.34 bits per heavy atom. The van der Waals surface area contributed by atoms with Crippen molar-refractivity contribution >= 4 is 22.4 Å². The van der Waals surface area contributed by atoms with Crippen molar-refractivity contribution in [1.29, 1.82) is 0 Å². The molecule has 0 spiro atoms. The van der Waals surface area contributed by atoms with E-state index in [2.05, 4.69) is 12.2 Å². The highest BCUT2D eigenvalue weighted by molar-refractivity contribution is 7.16. The molecule has 0 atom stereocenters. The number of aromatic nitrogens is 1. The van der Waals surface area contributed by atoms with Crippen LogP contribution in [-0.4, -0.2) is 32.2 Å². The lowest BCUT2D eigenvalue weighted by molar-refractivity contribution is 0.102. The van der Waals surface area contributed by atoms with Crippen LogP contribution < -0.4 is 19.5 Å². The lowest BCUT2D eigenvalue weighted by Crippen LogP contribution is -2.11. The van der Waals surface area contributed by atoms with E-state index >= 15 is 0 Å². The molecule has 1 amide bonds. The summed E-state index contributed by atoms with van der Waals surface area (Å²) in [5.74, 6) is 1.81. The molecule has 1 aromatic heterocycles. The number of nitrogens with one attached hydrogen (secondary N) is 1. The lowest BCUT2D eigenvalue weighted by atomic mass is 10.1. The maximum atomic E-state index is 12.6. The number of methoxy groups -OCH3 is 3. The Morgan fingerprint density at radius 2 is 1.72 bits per heavy atom. The first kappa shape index (κ1) is 20.7. The average molecular weight is 413 g/mol. The van der Waals surface area contributed by atoms with E-state index in [1.165, 1.54) is 11.3 Å². The van der Waals surface area contributed by atoms with Crippen molar-refractivity contribution in [3.8, 4) is 28.5 Å². The summed E-state index contributed by atoms with van der Waals surface area (Å²) in [7, 11) is 4.81. The van der Waals surface area contributed by atoms with Crippen molar-refractivity contribution in [3.05, 3.63) is 52.9 Å². The molecule has 7 heteroatoms. The first-order valence-electron chi connectivity index (χ1n) is 9.27. The lowest BCUT2D eigenvalue weighted by Gasteiger charge is -2.09. The van der Waals surface area contributed by atoms with Gasteiger partial charge in [0, 0.05) is 16.0 Å². The van der Waals surface area contributed by atoms with Crippen LogP contribution in [0.4, 0.5) is 5.13 Å². The smallest absolute Gasteiger partial charge is 0.257 e. The molecule has 0 fully saturated rings. The molecule has 0 saturated heterocycles. The van der Waals surface area contributed by atoms with Crippen molar-refractivity contribution in [2.75, 3.05) is 26.6 Å². The molecule has 0 saturated carbocycles. The van der Waals surface area contributed by atoms with Gasteiger partial charge in [-0.15, -0.1) is 11.3 Å². The Bertz CT molecular complexity index is 983. The standard InChI is InChI=1S/C22H24N2O4S/c1-5-6-19-20(15-9-12-17(27-3)18(13-15)28-4)23-22(29-19)24-21(25)14-7-10-16(26-2)11-8-14/h7-13H,5-6H2,1-4H3,(H,23,24,25). The summed E-state index contributed by atoms with van der Waals surface area (Å²) in [5, 5.41) is 3.48. The number of nitrogens with zero attached hydrogens (tertiary/aromatic N) is 1. The first-order valence-corrected chi connectivity index (χ1v) is 10.1. The van der Waals surface area contributed by atoms with Gasteiger partial charge in [-0.1, -0.05) is 13.3 Å². The zero-order valence-corrected chi connectivity index (χ0v) is 17.8. The van der Waals surface area contributed by atoms with Crippen LogP contribution in [0.1, 0.15) is 28.6 Å². The van der Waals surface area contributed by atoms with E-state index < -0.39 is 0 Å². The van der Waals surface area contributed by atoms with Gasteiger partial charge < -0.3 is 14.2 Å². The molecule has 0 radical (unpaired) electrons. The van der Waals surface area contributed by atoms with Gasteiger partial charge in [0.1, 0.15) is 5.75 Å². The number of rotatable bonds is 8. The fourth-order valence-electron chi connectivity index (χ4n) is 2.92. The second-order valence-electron chi connectivity index (χ2n) is 6.29. The van der Waals surface area contributed by atoms with E-state index in [0.717, 1.165) is 29.0 Å². The highest BCUT2D eigenvalue weighted by Gasteiger charge is 2.17. The Morgan fingerprint density at radius 1 is 1.00 bits per heavy atom. The summed E-state index contributed by atoms with van der Waals surface area (Å²) in [4.78, 5) is 18.4. The second-order valence-corrected chi connectivity index (χ2v) is 7.38. The minimum Gasteiger partial charge on any atom is -0.497 e. The molecule has 0 aliphatic heterocycles. The normalized spacial score (nSPS) is 10.5. The molecule has 3 rings (SSSR count). The van der Waals surface area contributed by atoms with E-state index in [0.29, 0.717) is 27.9 Å². The molecular formula is C22H24N2O4S. The Hall–Kier alpha value is -3.06. The number of thiazole rings is 1. The van der Waals surface area contributed by atoms with Gasteiger partial charge >= 0.3 is 0 Å². The molecule has 6 nitrogen and oxygen atoms in total. The van der Waals surface area contributed by atoms with Crippen LogP contribution in [0, 0.1) is 0 Å². The topological polar surface area (TPSA) is 69.7 Å². The van der Waals surface area contributed by atoms with Crippen LogP contribution in [0.15, 0.2) is 42.5 Å². The summed E-state index contributed by atoms with van der Waals surface area (Å²) < 4.78 is 15.9. The Balaban J connectivity index is 1.89. The number of aryl methyl sites for hydroxylation is 1. The minimum atomic E-state index is -0.205.